The van der Waals surface area contributed by atoms with E-state index in [1.54, 1.807) is 18.3 Å². The topological polar surface area (TPSA) is 97.1 Å². The normalized spacial score (nSPS) is 10.6. The van der Waals surface area contributed by atoms with E-state index in [0.717, 1.165) is 16.0 Å². The highest BCUT2D eigenvalue weighted by Gasteiger charge is 2.14. The van der Waals surface area contributed by atoms with Crippen molar-refractivity contribution in [3.05, 3.63) is 83.6 Å². The van der Waals surface area contributed by atoms with Crippen LogP contribution in [0.4, 0.5) is 0 Å². The van der Waals surface area contributed by atoms with Gasteiger partial charge in [-0.2, -0.15) is 0 Å². The molecule has 0 bridgehead atoms. The lowest BCUT2D eigenvalue weighted by Gasteiger charge is -2.07. The first kappa shape index (κ1) is 20.5. The number of carbonyl (C=O) groups is 2. The zero-order chi connectivity index (χ0) is 21.5. The molecule has 156 valence electrons. The standard InChI is InChI=1S/C23H20N4O3S/c28-22(18-14-17(9-12-24-18)16-6-2-1-3-7-16)25-10-5-11-26-23(29)19-15-20(30-27-19)21-8-4-13-31-21/h1-4,6-9,12-15H,5,10-11H2,(H,25,28)(H,26,29). The third-order valence-electron chi connectivity index (χ3n) is 4.53. The molecule has 3 aromatic heterocycles. The number of pyridine rings is 1. The van der Waals surface area contributed by atoms with Gasteiger partial charge in [0.25, 0.3) is 11.8 Å². The second-order valence-electron chi connectivity index (χ2n) is 6.71. The van der Waals surface area contributed by atoms with Crippen LogP contribution in [0.25, 0.3) is 21.8 Å². The molecule has 0 saturated carbocycles. The molecule has 31 heavy (non-hydrogen) atoms. The third kappa shape index (κ3) is 5.23. The molecule has 0 aliphatic rings. The number of rotatable bonds is 8. The molecule has 0 radical (unpaired) electrons. The fourth-order valence-corrected chi connectivity index (χ4v) is 3.63. The smallest absolute Gasteiger partial charge is 0.273 e. The summed E-state index contributed by atoms with van der Waals surface area (Å²) in [6.45, 7) is 0.813. The lowest BCUT2D eigenvalue weighted by Crippen LogP contribution is -2.30. The Morgan fingerprint density at radius 3 is 2.39 bits per heavy atom. The van der Waals surface area contributed by atoms with Crippen LogP contribution in [-0.4, -0.2) is 35.0 Å². The Labute approximate surface area is 183 Å². The van der Waals surface area contributed by atoms with Crippen LogP contribution in [0.15, 0.2) is 76.8 Å². The van der Waals surface area contributed by atoms with Crippen LogP contribution in [-0.2, 0) is 0 Å². The summed E-state index contributed by atoms with van der Waals surface area (Å²) in [4.78, 5) is 29.6. The predicted molar refractivity (Wildman–Crippen MR) is 119 cm³/mol. The first-order chi connectivity index (χ1) is 15.2. The fraction of sp³-hybridized carbons (Fsp3) is 0.130. The van der Waals surface area contributed by atoms with Crippen molar-refractivity contribution in [2.45, 2.75) is 6.42 Å². The molecule has 0 spiro atoms. The van der Waals surface area contributed by atoms with E-state index >= 15 is 0 Å². The molecular weight excluding hydrogens is 412 g/mol. The SMILES string of the molecule is O=C(NCCCNC(=O)c1cc(-c2cccs2)on1)c1cc(-c2ccccc2)ccn1. The van der Waals surface area contributed by atoms with Crippen LogP contribution in [0, 0.1) is 0 Å². The Bertz CT molecular complexity index is 1160. The molecule has 8 heteroatoms. The van der Waals surface area contributed by atoms with Crippen LogP contribution in [0.3, 0.4) is 0 Å². The molecule has 4 rings (SSSR count). The average Bonchev–Trinajstić information content (AvgIpc) is 3.51. The highest BCUT2D eigenvalue weighted by Crippen LogP contribution is 2.25. The number of hydrogen-bond donors (Lipinski definition) is 2. The zero-order valence-corrected chi connectivity index (χ0v) is 17.4. The number of nitrogens with one attached hydrogen (secondary N) is 2. The van der Waals surface area contributed by atoms with Gasteiger partial charge in [-0.1, -0.05) is 41.6 Å². The second-order valence-corrected chi connectivity index (χ2v) is 7.66. The van der Waals surface area contributed by atoms with Gasteiger partial charge in [0.1, 0.15) is 5.69 Å². The lowest BCUT2D eigenvalue weighted by atomic mass is 10.1. The molecule has 0 unspecified atom stereocenters. The molecule has 0 atom stereocenters. The highest BCUT2D eigenvalue weighted by atomic mass is 32.1. The van der Waals surface area contributed by atoms with Crippen LogP contribution in [0.1, 0.15) is 27.4 Å². The van der Waals surface area contributed by atoms with Crippen molar-refractivity contribution in [1.82, 2.24) is 20.8 Å². The molecule has 0 aliphatic heterocycles. The van der Waals surface area contributed by atoms with E-state index < -0.39 is 0 Å². The summed E-state index contributed by atoms with van der Waals surface area (Å²) in [6.07, 6.45) is 2.20. The summed E-state index contributed by atoms with van der Waals surface area (Å²) in [5.41, 5.74) is 2.54. The van der Waals surface area contributed by atoms with Gasteiger partial charge in [-0.05, 0) is 41.1 Å². The van der Waals surface area contributed by atoms with Gasteiger partial charge in [0.15, 0.2) is 11.5 Å². The van der Waals surface area contributed by atoms with Crippen molar-refractivity contribution in [3.8, 4) is 21.8 Å². The molecule has 2 amide bonds. The van der Waals surface area contributed by atoms with E-state index in [1.807, 2.05) is 53.9 Å². The van der Waals surface area contributed by atoms with Gasteiger partial charge in [-0.15, -0.1) is 11.3 Å². The highest BCUT2D eigenvalue weighted by molar-refractivity contribution is 7.13. The minimum absolute atomic E-state index is 0.231. The Morgan fingerprint density at radius 2 is 1.65 bits per heavy atom. The van der Waals surface area contributed by atoms with Gasteiger partial charge in [0.2, 0.25) is 0 Å². The number of hydrogen-bond acceptors (Lipinski definition) is 6. The van der Waals surface area contributed by atoms with Gasteiger partial charge in [0, 0.05) is 25.4 Å². The molecule has 2 N–H and O–H groups in total. The minimum atomic E-state index is -0.310. The summed E-state index contributed by atoms with van der Waals surface area (Å²) < 4.78 is 5.22. The van der Waals surface area contributed by atoms with Crippen molar-refractivity contribution in [3.63, 3.8) is 0 Å². The number of benzene rings is 1. The molecule has 0 fully saturated rings. The van der Waals surface area contributed by atoms with E-state index in [-0.39, 0.29) is 17.5 Å². The van der Waals surface area contributed by atoms with Gasteiger partial charge in [0.05, 0.1) is 4.88 Å². The van der Waals surface area contributed by atoms with E-state index in [2.05, 4.69) is 20.8 Å². The number of carbonyl (C=O) groups excluding carboxylic acids is 2. The first-order valence-electron chi connectivity index (χ1n) is 9.79. The predicted octanol–water partition coefficient (Wildman–Crippen LogP) is 4.02. The summed E-state index contributed by atoms with van der Waals surface area (Å²) in [6, 6.07) is 18.9. The van der Waals surface area contributed by atoms with Crippen LogP contribution < -0.4 is 10.6 Å². The Balaban J connectivity index is 1.22. The first-order valence-corrected chi connectivity index (χ1v) is 10.7. The van der Waals surface area contributed by atoms with Gasteiger partial charge >= 0.3 is 0 Å². The van der Waals surface area contributed by atoms with Gasteiger partial charge in [-0.25, -0.2) is 0 Å². The third-order valence-corrected chi connectivity index (χ3v) is 5.42. The molecule has 0 saturated heterocycles. The van der Waals surface area contributed by atoms with Crippen molar-refractivity contribution >= 4 is 23.2 Å². The van der Waals surface area contributed by atoms with Crippen LogP contribution >= 0.6 is 11.3 Å². The summed E-state index contributed by atoms with van der Waals surface area (Å²) in [7, 11) is 0. The number of amides is 2. The van der Waals surface area contributed by atoms with Crippen molar-refractivity contribution in [1.29, 1.82) is 0 Å². The number of nitrogens with zero attached hydrogens (tertiary/aromatic N) is 2. The van der Waals surface area contributed by atoms with E-state index in [9.17, 15) is 9.59 Å². The monoisotopic (exact) mass is 432 g/mol. The average molecular weight is 433 g/mol. The van der Waals surface area contributed by atoms with Crippen LogP contribution in [0.5, 0.6) is 0 Å². The largest absolute Gasteiger partial charge is 0.355 e. The van der Waals surface area contributed by atoms with Crippen molar-refractivity contribution in [2.24, 2.45) is 0 Å². The Hall–Kier alpha value is -3.78. The minimum Gasteiger partial charge on any atom is -0.355 e. The molecule has 7 nitrogen and oxygen atoms in total. The number of aromatic nitrogens is 2. The molecule has 0 aliphatic carbocycles. The van der Waals surface area contributed by atoms with E-state index in [4.69, 9.17) is 4.52 Å². The molecular formula is C23H20N4O3S. The maximum atomic E-state index is 12.4. The maximum absolute atomic E-state index is 12.4. The Kier molecular flexibility index (Phi) is 6.49. The quantitative estimate of drug-likeness (QED) is 0.410. The molecule has 1 aromatic carbocycles. The second kappa shape index (κ2) is 9.82. The number of thiophene rings is 1. The molecule has 4 aromatic rings. The van der Waals surface area contributed by atoms with Gasteiger partial charge < -0.3 is 15.2 Å². The lowest BCUT2D eigenvalue weighted by molar-refractivity contribution is 0.0944. The Morgan fingerprint density at radius 1 is 0.871 bits per heavy atom. The van der Waals surface area contributed by atoms with Crippen LogP contribution in [0.2, 0.25) is 0 Å². The van der Waals surface area contributed by atoms with E-state index in [0.29, 0.717) is 31.0 Å². The maximum Gasteiger partial charge on any atom is 0.273 e. The van der Waals surface area contributed by atoms with Gasteiger partial charge in [-0.3, -0.25) is 14.6 Å². The van der Waals surface area contributed by atoms with Crippen molar-refractivity contribution in [2.75, 3.05) is 13.1 Å². The van der Waals surface area contributed by atoms with Crippen molar-refractivity contribution < 1.29 is 14.1 Å². The summed E-state index contributed by atoms with van der Waals surface area (Å²) in [5, 5.41) is 11.3. The summed E-state index contributed by atoms with van der Waals surface area (Å²) >= 11 is 1.52. The zero-order valence-electron chi connectivity index (χ0n) is 16.6. The van der Waals surface area contributed by atoms with E-state index in [1.165, 1.54) is 11.3 Å². The molecule has 3 heterocycles. The fourth-order valence-electron chi connectivity index (χ4n) is 2.96. The summed E-state index contributed by atoms with van der Waals surface area (Å²) in [5.74, 6) is 0.00829.